The van der Waals surface area contributed by atoms with E-state index in [9.17, 15) is 141 Å². The van der Waals surface area contributed by atoms with Gasteiger partial charge in [-0.1, -0.05) is 0 Å². The van der Waals surface area contributed by atoms with Gasteiger partial charge in [0, 0.05) is 0 Å². The molecule has 49 heavy (non-hydrogen) atoms. The molecule has 0 saturated heterocycles. The molecule has 2 nitrogen and oxygen atoms in total. The predicted octanol–water partition coefficient (Wildman–Crippen LogP) is 9.53. The molecule has 0 heterocycles. The first-order valence-corrected chi connectivity index (χ1v) is 10.0. The van der Waals surface area contributed by atoms with Gasteiger partial charge in [0.15, 0.2) is 0 Å². The molecule has 0 aromatic rings. The molecule has 0 radical (unpaired) electrons. The summed E-state index contributed by atoms with van der Waals surface area (Å²) in [5, 5.41) is 7.65. The topological polar surface area (TPSA) is 37.3 Å². The van der Waals surface area contributed by atoms with E-state index in [0.29, 0.717) is 0 Å². The standard InChI is InChI=1S/C16HF31O2/c17-2(18,1(48)49)3(19,20)4(21,22)5(23,24)6(25,26)7(27,28)8(29,30)9(31,32)10(33,34)11(35,36)12(37,38)13(39,40)14(41,42)15(43,44)16(45,46)47/h(H,48,49)/i1+1,2+1. The van der Waals surface area contributed by atoms with Crippen LogP contribution in [0.1, 0.15) is 0 Å². The molecular formula is C16HF31O2. The highest BCUT2D eigenvalue weighted by atomic mass is 19.4. The van der Waals surface area contributed by atoms with Crippen LogP contribution in [0.5, 0.6) is 0 Å². The molecule has 0 spiro atoms. The van der Waals surface area contributed by atoms with E-state index in [4.69, 9.17) is 5.11 Å². The first-order valence-electron chi connectivity index (χ1n) is 10.0. The zero-order chi connectivity index (χ0) is 41.1. The summed E-state index contributed by atoms with van der Waals surface area (Å²) in [6.45, 7) is 0. The quantitative estimate of drug-likeness (QED) is 0.140. The SMILES string of the molecule is O=[13C](O)[13C](F)(F)C(F)(F)C(F)(F)C(F)(F)C(F)(F)C(F)(F)C(F)(F)C(F)(F)C(F)(F)C(F)(F)C(F)(F)C(F)(F)C(F)(F)C(F)(F)C(F)(F)F. The van der Waals surface area contributed by atoms with Crippen molar-refractivity contribution in [1.29, 1.82) is 0 Å². The second-order valence-electron chi connectivity index (χ2n) is 8.84. The highest BCUT2D eigenvalue weighted by molar-refractivity contribution is 5.77. The zero-order valence-electron chi connectivity index (χ0n) is 20.6. The van der Waals surface area contributed by atoms with Gasteiger partial charge in [-0.05, 0) is 0 Å². The lowest BCUT2D eigenvalue weighted by Gasteiger charge is -2.46. The van der Waals surface area contributed by atoms with Gasteiger partial charge in [0.25, 0.3) is 0 Å². The van der Waals surface area contributed by atoms with Gasteiger partial charge in [-0.3, -0.25) is 0 Å². The van der Waals surface area contributed by atoms with Gasteiger partial charge in [0.1, 0.15) is 0 Å². The molecule has 0 aliphatic heterocycles. The number of carboxylic acids is 1. The van der Waals surface area contributed by atoms with Crippen molar-refractivity contribution in [3.05, 3.63) is 0 Å². The number of carbonyl (C=O) groups is 1. The first kappa shape index (κ1) is 46.3. The molecule has 0 amide bonds. The Morgan fingerprint density at radius 2 is 0.367 bits per heavy atom. The summed E-state index contributed by atoms with van der Waals surface area (Å²) in [5.74, 6) is -139. The van der Waals surface area contributed by atoms with Crippen molar-refractivity contribution in [3.63, 3.8) is 0 Å². The number of hydrogen-bond acceptors (Lipinski definition) is 1. The third kappa shape index (κ3) is 5.08. The minimum Gasteiger partial charge on any atom is -0.477 e. The highest BCUT2D eigenvalue weighted by Gasteiger charge is 3.01. The average molecular weight is 816 g/mol. The third-order valence-electron chi connectivity index (χ3n) is 5.75. The molecule has 0 rings (SSSR count). The highest BCUT2D eigenvalue weighted by Crippen LogP contribution is 2.69. The van der Waals surface area contributed by atoms with Crippen molar-refractivity contribution >= 4 is 5.97 Å². The Balaban J connectivity index is 7.68. The largest absolute Gasteiger partial charge is 0.477 e. The average Bonchev–Trinajstić information content (AvgIpc) is 2.86. The van der Waals surface area contributed by atoms with Gasteiger partial charge < -0.3 is 5.11 Å². The van der Waals surface area contributed by atoms with Gasteiger partial charge in [0.05, 0.1) is 0 Å². The lowest BCUT2D eigenvalue weighted by molar-refractivity contribution is -0.488. The zero-order valence-corrected chi connectivity index (χ0v) is 20.6. The molecule has 294 valence electrons. The number of halogens is 31. The Kier molecular flexibility index (Phi) is 10.3. The Bertz CT molecular complexity index is 1250. The van der Waals surface area contributed by atoms with E-state index in [1.807, 2.05) is 0 Å². The van der Waals surface area contributed by atoms with Gasteiger partial charge in [-0.2, -0.15) is 136 Å². The van der Waals surface area contributed by atoms with E-state index >= 15 is 0 Å². The Morgan fingerprint density at radius 1 is 0.245 bits per heavy atom. The summed E-state index contributed by atoms with van der Waals surface area (Å²) < 4.78 is 411. The molecule has 33 heteroatoms. The Morgan fingerprint density at radius 3 is 0.490 bits per heavy atom. The smallest absolute Gasteiger partial charge is 0.460 e. The van der Waals surface area contributed by atoms with Crippen molar-refractivity contribution in [2.24, 2.45) is 0 Å². The molecule has 0 unspecified atom stereocenters. The molecule has 0 saturated carbocycles. The number of aliphatic carboxylic acids is 1. The van der Waals surface area contributed by atoms with Gasteiger partial charge in [-0.15, -0.1) is 0 Å². The minimum absolute atomic E-state index is 4.81. The van der Waals surface area contributed by atoms with Gasteiger partial charge >= 0.3 is 95.1 Å². The molecule has 0 atom stereocenters. The molecule has 0 bridgehead atoms. The second-order valence-corrected chi connectivity index (χ2v) is 8.84. The number of alkyl halides is 31. The van der Waals surface area contributed by atoms with E-state index < -0.39 is 95.1 Å². The number of carboxylic acid groups (broad SMARTS) is 1. The van der Waals surface area contributed by atoms with Crippen LogP contribution in [-0.4, -0.2) is 100 Å². The summed E-state index contributed by atoms with van der Waals surface area (Å²) in [4.78, 5) is 9.92. The van der Waals surface area contributed by atoms with Crippen molar-refractivity contribution in [2.75, 3.05) is 0 Å². The maximum atomic E-state index is 13.7. The van der Waals surface area contributed by atoms with Crippen molar-refractivity contribution in [1.82, 2.24) is 0 Å². The number of rotatable bonds is 14. The molecule has 0 aliphatic rings. The van der Waals surface area contributed by atoms with Crippen LogP contribution < -0.4 is 0 Å². The molecule has 0 fully saturated rings. The maximum Gasteiger partial charge on any atom is 0.460 e. The fourth-order valence-corrected chi connectivity index (χ4v) is 2.68. The van der Waals surface area contributed by atoms with Crippen LogP contribution in [0.2, 0.25) is 0 Å². The lowest BCUT2D eigenvalue weighted by atomic mass is 9.83. The summed E-state index contributed by atoms with van der Waals surface area (Å²) >= 11 is 0. The molecule has 1 N–H and O–H groups in total. The van der Waals surface area contributed by atoms with Crippen LogP contribution in [0, 0.1) is 0 Å². The normalized spacial score (nSPS) is 17.0. The molecule has 0 aromatic carbocycles. The fraction of sp³-hybridized carbons (Fsp3) is 0.938. The first-order chi connectivity index (χ1) is 20.4. The number of hydrogen-bond donors (Lipinski definition) is 1. The summed E-state index contributed by atoms with van der Waals surface area (Å²) in [6, 6.07) is 0. The second kappa shape index (κ2) is 10.9. The summed E-state index contributed by atoms with van der Waals surface area (Å²) in [5.41, 5.74) is 0. The van der Waals surface area contributed by atoms with E-state index in [-0.39, 0.29) is 0 Å². The van der Waals surface area contributed by atoms with Gasteiger partial charge in [0.2, 0.25) is 0 Å². The monoisotopic (exact) mass is 816 g/mol. The predicted molar refractivity (Wildman–Crippen MR) is 82.9 cm³/mol. The van der Waals surface area contributed by atoms with Crippen LogP contribution in [0.25, 0.3) is 0 Å². The molecule has 0 aliphatic carbocycles. The van der Waals surface area contributed by atoms with Crippen molar-refractivity contribution in [3.8, 4) is 0 Å². The maximum absolute atomic E-state index is 13.7. The van der Waals surface area contributed by atoms with E-state index in [2.05, 4.69) is 0 Å². The lowest BCUT2D eigenvalue weighted by Crippen LogP contribution is -2.79. The summed E-state index contributed by atoms with van der Waals surface area (Å²) in [7, 11) is 0. The van der Waals surface area contributed by atoms with Crippen molar-refractivity contribution in [2.45, 2.75) is 89.1 Å². The van der Waals surface area contributed by atoms with Crippen LogP contribution in [0.3, 0.4) is 0 Å². The van der Waals surface area contributed by atoms with E-state index in [1.54, 1.807) is 0 Å². The van der Waals surface area contributed by atoms with Gasteiger partial charge in [-0.25, -0.2) is 4.79 Å². The van der Waals surface area contributed by atoms with E-state index in [0.717, 1.165) is 0 Å². The van der Waals surface area contributed by atoms with Crippen LogP contribution in [0.15, 0.2) is 0 Å². The molecule has 0 aromatic heterocycles. The third-order valence-corrected chi connectivity index (χ3v) is 5.75. The Labute approximate surface area is 242 Å². The van der Waals surface area contributed by atoms with Crippen LogP contribution in [0.4, 0.5) is 136 Å². The van der Waals surface area contributed by atoms with Crippen LogP contribution in [-0.2, 0) is 4.79 Å². The molecular weight excluding hydrogens is 815 g/mol. The Hall–Kier alpha value is -2.70. The fourth-order valence-electron chi connectivity index (χ4n) is 2.68. The van der Waals surface area contributed by atoms with Crippen molar-refractivity contribution < 1.29 is 146 Å². The summed E-state index contributed by atoms with van der Waals surface area (Å²) in [6.07, 6.45) is -8.36. The van der Waals surface area contributed by atoms with Crippen LogP contribution >= 0.6 is 0 Å². The van der Waals surface area contributed by atoms with E-state index in [1.165, 1.54) is 0 Å². The minimum atomic E-state index is -10.1.